The molecule has 1 N–H and O–H groups in total. The maximum Gasteiger partial charge on any atom is 0.211 e. The molecule has 0 radical (unpaired) electrons. The number of sulfonamides is 1. The average Bonchev–Trinajstić information content (AvgIpc) is 2.35. The van der Waals surface area contributed by atoms with Gasteiger partial charge in [-0.1, -0.05) is 13.8 Å². The van der Waals surface area contributed by atoms with Crippen LogP contribution < -0.4 is 5.32 Å². The first-order chi connectivity index (χ1) is 8.84. The highest BCUT2D eigenvalue weighted by atomic mass is 32.2. The Kier molecular flexibility index (Phi) is 6.42. The Morgan fingerprint density at radius 3 is 2.74 bits per heavy atom. The van der Waals surface area contributed by atoms with E-state index >= 15 is 0 Å². The predicted octanol–water partition coefficient (Wildman–Crippen LogP) is 0.863. The van der Waals surface area contributed by atoms with Crippen LogP contribution in [0.15, 0.2) is 0 Å². The van der Waals surface area contributed by atoms with Crippen LogP contribution in [0.3, 0.4) is 0 Å². The Hall–Kier alpha value is -0.460. The van der Waals surface area contributed by atoms with Crippen molar-refractivity contribution < 1.29 is 13.2 Å². The largest absolute Gasteiger partial charge is 0.316 e. The van der Waals surface area contributed by atoms with E-state index in [9.17, 15) is 13.2 Å². The summed E-state index contributed by atoms with van der Waals surface area (Å²) in [5.41, 5.74) is 0. The van der Waals surface area contributed by atoms with E-state index in [0.717, 1.165) is 19.4 Å². The van der Waals surface area contributed by atoms with Gasteiger partial charge in [-0.2, -0.15) is 0 Å². The van der Waals surface area contributed by atoms with E-state index in [1.165, 1.54) is 10.6 Å². The van der Waals surface area contributed by atoms with Crippen LogP contribution >= 0.6 is 0 Å². The van der Waals surface area contributed by atoms with Crippen LogP contribution in [0.1, 0.15) is 33.1 Å². The molecule has 112 valence electrons. The lowest BCUT2D eigenvalue weighted by atomic mass is 9.90. The van der Waals surface area contributed by atoms with Crippen molar-refractivity contribution in [3.05, 3.63) is 0 Å². The summed E-state index contributed by atoms with van der Waals surface area (Å²) in [4.78, 5) is 12.1. The topological polar surface area (TPSA) is 66.5 Å². The van der Waals surface area contributed by atoms with Crippen molar-refractivity contribution in [3.8, 4) is 0 Å². The average molecular weight is 290 g/mol. The standard InChI is InChI=1S/C13H26N2O3S/c1-4-14-9-11(2)13(16)8-12-6-5-7-15(10-12)19(3,17)18/h11-12,14H,4-10H2,1-3H3. The van der Waals surface area contributed by atoms with E-state index in [0.29, 0.717) is 26.1 Å². The fourth-order valence-electron chi connectivity index (χ4n) is 2.46. The number of rotatable bonds is 7. The van der Waals surface area contributed by atoms with Crippen molar-refractivity contribution in [1.29, 1.82) is 0 Å². The maximum atomic E-state index is 12.1. The zero-order chi connectivity index (χ0) is 14.5. The van der Waals surface area contributed by atoms with Crippen molar-refractivity contribution in [2.45, 2.75) is 33.1 Å². The molecular formula is C13H26N2O3S. The Morgan fingerprint density at radius 2 is 2.16 bits per heavy atom. The molecule has 0 amide bonds. The van der Waals surface area contributed by atoms with Crippen LogP contribution in [-0.4, -0.2) is 50.9 Å². The molecule has 6 heteroatoms. The number of hydrogen-bond donors (Lipinski definition) is 1. The van der Waals surface area contributed by atoms with Crippen molar-refractivity contribution in [3.63, 3.8) is 0 Å². The first-order valence-corrected chi connectivity index (χ1v) is 8.88. The van der Waals surface area contributed by atoms with E-state index in [2.05, 4.69) is 5.32 Å². The van der Waals surface area contributed by atoms with E-state index in [4.69, 9.17) is 0 Å². The number of Topliss-reactive ketones (excluding diaryl/α,β-unsaturated/α-hetero) is 1. The lowest BCUT2D eigenvalue weighted by Gasteiger charge is -2.31. The van der Waals surface area contributed by atoms with Gasteiger partial charge in [-0.05, 0) is 25.3 Å². The number of nitrogens with one attached hydrogen (secondary N) is 1. The number of hydrogen-bond acceptors (Lipinski definition) is 4. The normalized spacial score (nSPS) is 23.2. The molecule has 5 nitrogen and oxygen atoms in total. The van der Waals surface area contributed by atoms with Crippen LogP contribution in [0.5, 0.6) is 0 Å². The highest BCUT2D eigenvalue weighted by molar-refractivity contribution is 7.88. The molecule has 0 aromatic carbocycles. The summed E-state index contributed by atoms with van der Waals surface area (Å²) in [6.07, 6.45) is 3.54. The molecule has 1 heterocycles. The van der Waals surface area contributed by atoms with Gasteiger partial charge in [0, 0.05) is 32.0 Å². The van der Waals surface area contributed by atoms with E-state index in [-0.39, 0.29) is 17.6 Å². The van der Waals surface area contributed by atoms with Crippen molar-refractivity contribution in [2.75, 3.05) is 32.4 Å². The Morgan fingerprint density at radius 1 is 1.47 bits per heavy atom. The molecule has 1 aliphatic heterocycles. The van der Waals surface area contributed by atoms with Gasteiger partial charge in [0.1, 0.15) is 5.78 Å². The Balaban J connectivity index is 2.46. The molecule has 0 aliphatic carbocycles. The SMILES string of the molecule is CCNCC(C)C(=O)CC1CCCN(S(C)(=O)=O)C1. The molecule has 1 fully saturated rings. The minimum absolute atomic E-state index is 0.00793. The first-order valence-electron chi connectivity index (χ1n) is 7.03. The molecule has 1 saturated heterocycles. The summed E-state index contributed by atoms with van der Waals surface area (Å²) in [5.74, 6) is 0.426. The summed E-state index contributed by atoms with van der Waals surface area (Å²) in [7, 11) is -3.12. The first kappa shape index (κ1) is 16.6. The minimum Gasteiger partial charge on any atom is -0.316 e. The number of piperidine rings is 1. The van der Waals surface area contributed by atoms with Crippen LogP contribution in [0.2, 0.25) is 0 Å². The summed E-state index contributed by atoms with van der Waals surface area (Å²) >= 11 is 0. The molecule has 0 aromatic rings. The molecule has 0 saturated carbocycles. The molecule has 2 atom stereocenters. The number of nitrogens with zero attached hydrogens (tertiary/aromatic N) is 1. The van der Waals surface area contributed by atoms with Gasteiger partial charge in [-0.15, -0.1) is 0 Å². The second-order valence-electron chi connectivity index (χ2n) is 5.51. The van der Waals surface area contributed by atoms with Gasteiger partial charge < -0.3 is 5.32 Å². The lowest BCUT2D eigenvalue weighted by molar-refractivity contribution is -0.123. The van der Waals surface area contributed by atoms with Gasteiger partial charge in [0.2, 0.25) is 10.0 Å². The van der Waals surface area contributed by atoms with Crippen LogP contribution in [0, 0.1) is 11.8 Å². The van der Waals surface area contributed by atoms with Crippen LogP contribution in [-0.2, 0) is 14.8 Å². The highest BCUT2D eigenvalue weighted by Gasteiger charge is 2.28. The van der Waals surface area contributed by atoms with Crippen molar-refractivity contribution >= 4 is 15.8 Å². The molecule has 1 rings (SSSR count). The second-order valence-corrected chi connectivity index (χ2v) is 7.49. The van der Waals surface area contributed by atoms with Crippen LogP contribution in [0.4, 0.5) is 0 Å². The maximum absolute atomic E-state index is 12.1. The Bertz CT molecular complexity index is 395. The number of ketones is 1. The minimum atomic E-state index is -3.12. The Labute approximate surface area is 116 Å². The zero-order valence-electron chi connectivity index (χ0n) is 12.2. The molecule has 0 aromatic heterocycles. The van der Waals surface area contributed by atoms with Crippen LogP contribution in [0.25, 0.3) is 0 Å². The second kappa shape index (κ2) is 7.36. The van der Waals surface area contributed by atoms with Gasteiger partial charge in [-0.3, -0.25) is 4.79 Å². The summed E-state index contributed by atoms with van der Waals surface area (Å²) < 4.78 is 24.6. The molecular weight excluding hydrogens is 264 g/mol. The quantitative estimate of drug-likeness (QED) is 0.755. The molecule has 2 unspecified atom stereocenters. The van der Waals surface area contributed by atoms with E-state index in [1.807, 2.05) is 13.8 Å². The number of carbonyl (C=O) groups is 1. The molecule has 19 heavy (non-hydrogen) atoms. The smallest absolute Gasteiger partial charge is 0.211 e. The number of carbonyl (C=O) groups excluding carboxylic acids is 1. The van der Waals surface area contributed by atoms with Gasteiger partial charge in [0.05, 0.1) is 6.26 Å². The van der Waals surface area contributed by atoms with Gasteiger partial charge in [0.15, 0.2) is 0 Å². The molecule has 1 aliphatic rings. The summed E-state index contributed by atoms with van der Waals surface area (Å²) in [5, 5.41) is 3.17. The third kappa shape index (κ3) is 5.58. The fourth-order valence-corrected chi connectivity index (χ4v) is 3.40. The summed E-state index contributed by atoms with van der Waals surface area (Å²) in [6.45, 7) is 6.61. The molecule has 0 spiro atoms. The predicted molar refractivity (Wildman–Crippen MR) is 76.5 cm³/mol. The molecule has 0 bridgehead atoms. The lowest BCUT2D eigenvalue weighted by Crippen LogP contribution is -2.40. The van der Waals surface area contributed by atoms with Gasteiger partial charge in [0.25, 0.3) is 0 Å². The monoisotopic (exact) mass is 290 g/mol. The van der Waals surface area contributed by atoms with E-state index < -0.39 is 10.0 Å². The van der Waals surface area contributed by atoms with Crippen molar-refractivity contribution in [2.24, 2.45) is 11.8 Å². The van der Waals surface area contributed by atoms with Gasteiger partial charge >= 0.3 is 0 Å². The van der Waals surface area contributed by atoms with Gasteiger partial charge in [-0.25, -0.2) is 12.7 Å². The third-order valence-corrected chi connectivity index (χ3v) is 4.96. The van der Waals surface area contributed by atoms with E-state index in [1.54, 1.807) is 0 Å². The fraction of sp³-hybridized carbons (Fsp3) is 0.923. The third-order valence-electron chi connectivity index (χ3n) is 3.69. The zero-order valence-corrected chi connectivity index (χ0v) is 13.0. The van der Waals surface area contributed by atoms with Crippen molar-refractivity contribution in [1.82, 2.24) is 9.62 Å². The summed E-state index contributed by atoms with van der Waals surface area (Å²) in [6, 6.07) is 0. The highest BCUT2D eigenvalue weighted by Crippen LogP contribution is 2.22.